The summed E-state index contributed by atoms with van der Waals surface area (Å²) >= 11 is 0. The van der Waals surface area contributed by atoms with Crippen molar-refractivity contribution in [3.8, 4) is 5.75 Å². The molecule has 0 fully saturated rings. The Morgan fingerprint density at radius 3 is 2.43 bits per heavy atom. The van der Waals surface area contributed by atoms with Gasteiger partial charge in [-0.2, -0.15) is 0 Å². The SMILES string of the molecule is CNCC(c1ccccc1O)C(C)C. The van der Waals surface area contributed by atoms with Gasteiger partial charge in [-0.25, -0.2) is 0 Å². The van der Waals surface area contributed by atoms with Crippen LogP contribution in [0.3, 0.4) is 0 Å². The quantitative estimate of drug-likeness (QED) is 0.769. The highest BCUT2D eigenvalue weighted by Crippen LogP contribution is 2.30. The van der Waals surface area contributed by atoms with E-state index < -0.39 is 0 Å². The Hall–Kier alpha value is -1.02. The highest BCUT2D eigenvalue weighted by atomic mass is 16.3. The fourth-order valence-electron chi connectivity index (χ4n) is 1.73. The van der Waals surface area contributed by atoms with Crippen molar-refractivity contribution in [1.29, 1.82) is 0 Å². The molecule has 0 heterocycles. The van der Waals surface area contributed by atoms with Crippen LogP contribution in [0.2, 0.25) is 0 Å². The average molecular weight is 193 g/mol. The number of para-hydroxylation sites is 1. The van der Waals surface area contributed by atoms with Crippen LogP contribution < -0.4 is 5.32 Å². The predicted octanol–water partition coefficient (Wildman–Crippen LogP) is 2.35. The number of hydrogen-bond donors (Lipinski definition) is 2. The Bertz CT molecular complexity index is 283. The van der Waals surface area contributed by atoms with E-state index in [0.717, 1.165) is 12.1 Å². The van der Waals surface area contributed by atoms with Gasteiger partial charge in [-0.15, -0.1) is 0 Å². The first-order chi connectivity index (χ1) is 6.66. The van der Waals surface area contributed by atoms with Crippen molar-refractivity contribution in [3.63, 3.8) is 0 Å². The monoisotopic (exact) mass is 193 g/mol. The fraction of sp³-hybridized carbons (Fsp3) is 0.500. The number of rotatable bonds is 4. The average Bonchev–Trinajstić information content (AvgIpc) is 2.15. The minimum Gasteiger partial charge on any atom is -0.508 e. The van der Waals surface area contributed by atoms with Crippen molar-refractivity contribution in [2.45, 2.75) is 19.8 Å². The number of nitrogens with one attached hydrogen (secondary N) is 1. The van der Waals surface area contributed by atoms with Crippen LogP contribution in [0.5, 0.6) is 5.75 Å². The lowest BCUT2D eigenvalue weighted by Gasteiger charge is -2.21. The highest BCUT2D eigenvalue weighted by molar-refractivity contribution is 5.35. The molecule has 0 bridgehead atoms. The molecule has 14 heavy (non-hydrogen) atoms. The molecule has 0 aliphatic rings. The minimum absolute atomic E-state index is 0.376. The molecule has 0 aromatic heterocycles. The second-order valence-corrected chi connectivity index (χ2v) is 3.97. The number of aromatic hydroxyl groups is 1. The Morgan fingerprint density at radius 1 is 1.29 bits per heavy atom. The zero-order valence-corrected chi connectivity index (χ0v) is 9.12. The van der Waals surface area contributed by atoms with Crippen molar-refractivity contribution < 1.29 is 5.11 Å². The third-order valence-electron chi connectivity index (χ3n) is 2.57. The maximum atomic E-state index is 9.73. The van der Waals surface area contributed by atoms with Gasteiger partial charge in [0.05, 0.1) is 0 Å². The van der Waals surface area contributed by atoms with Crippen molar-refractivity contribution in [2.24, 2.45) is 5.92 Å². The first-order valence-corrected chi connectivity index (χ1v) is 5.09. The zero-order valence-electron chi connectivity index (χ0n) is 9.12. The zero-order chi connectivity index (χ0) is 10.6. The van der Waals surface area contributed by atoms with Crippen molar-refractivity contribution in [2.75, 3.05) is 13.6 Å². The van der Waals surface area contributed by atoms with Gasteiger partial charge in [-0.3, -0.25) is 0 Å². The molecule has 0 saturated carbocycles. The van der Waals surface area contributed by atoms with Crippen LogP contribution in [0.25, 0.3) is 0 Å². The van der Waals surface area contributed by atoms with Crippen LogP contribution in [-0.4, -0.2) is 18.7 Å². The first-order valence-electron chi connectivity index (χ1n) is 5.09. The molecule has 1 aromatic carbocycles. The molecule has 1 aromatic rings. The van der Waals surface area contributed by atoms with Crippen LogP contribution in [0, 0.1) is 5.92 Å². The van der Waals surface area contributed by atoms with Gasteiger partial charge in [-0.1, -0.05) is 32.0 Å². The highest BCUT2D eigenvalue weighted by Gasteiger charge is 2.17. The van der Waals surface area contributed by atoms with Crippen LogP contribution in [0.1, 0.15) is 25.3 Å². The normalized spacial score (nSPS) is 13.1. The summed E-state index contributed by atoms with van der Waals surface area (Å²) in [7, 11) is 1.94. The summed E-state index contributed by atoms with van der Waals surface area (Å²) < 4.78 is 0. The Balaban J connectivity index is 2.93. The Kier molecular flexibility index (Phi) is 3.96. The molecule has 1 rings (SSSR count). The maximum absolute atomic E-state index is 9.73. The van der Waals surface area contributed by atoms with Gasteiger partial charge in [0.2, 0.25) is 0 Å². The lowest BCUT2D eigenvalue weighted by molar-refractivity contribution is 0.428. The number of hydrogen-bond acceptors (Lipinski definition) is 2. The van der Waals surface area contributed by atoms with Crippen molar-refractivity contribution in [3.05, 3.63) is 29.8 Å². The molecule has 0 radical (unpaired) electrons. The standard InChI is InChI=1S/C12H19NO/c1-9(2)11(8-13-3)10-6-4-5-7-12(10)14/h4-7,9,11,13-14H,8H2,1-3H3. The van der Waals surface area contributed by atoms with Gasteiger partial charge in [0.15, 0.2) is 0 Å². The Morgan fingerprint density at radius 2 is 1.93 bits per heavy atom. The van der Waals surface area contributed by atoms with Gasteiger partial charge < -0.3 is 10.4 Å². The molecule has 0 amide bonds. The van der Waals surface area contributed by atoms with E-state index in [1.54, 1.807) is 6.07 Å². The largest absolute Gasteiger partial charge is 0.508 e. The lowest BCUT2D eigenvalue weighted by atomic mass is 9.88. The molecular formula is C12H19NO. The van der Waals surface area contributed by atoms with Crippen molar-refractivity contribution >= 4 is 0 Å². The molecule has 0 aliphatic carbocycles. The molecule has 2 heteroatoms. The third-order valence-corrected chi connectivity index (χ3v) is 2.57. The maximum Gasteiger partial charge on any atom is 0.119 e. The van der Waals surface area contributed by atoms with Gasteiger partial charge in [0.1, 0.15) is 5.75 Å². The number of likely N-dealkylation sites (N-methyl/N-ethyl adjacent to an activating group) is 1. The van der Waals surface area contributed by atoms with E-state index >= 15 is 0 Å². The third kappa shape index (κ3) is 2.48. The molecule has 78 valence electrons. The summed E-state index contributed by atoms with van der Waals surface area (Å²) in [4.78, 5) is 0. The molecule has 2 nitrogen and oxygen atoms in total. The summed E-state index contributed by atoms with van der Waals surface area (Å²) in [6.07, 6.45) is 0. The second-order valence-electron chi connectivity index (χ2n) is 3.97. The molecule has 1 unspecified atom stereocenters. The minimum atomic E-state index is 0.376. The summed E-state index contributed by atoms with van der Waals surface area (Å²) in [5.74, 6) is 1.30. The van der Waals surface area contributed by atoms with E-state index in [1.807, 2.05) is 25.2 Å². The van der Waals surface area contributed by atoms with E-state index in [1.165, 1.54) is 0 Å². The Labute approximate surface area is 86.0 Å². The number of benzene rings is 1. The molecule has 1 atom stereocenters. The van der Waals surface area contributed by atoms with Gasteiger partial charge in [0, 0.05) is 12.5 Å². The molecule has 0 aliphatic heterocycles. The lowest BCUT2D eigenvalue weighted by Crippen LogP contribution is -2.21. The van der Waals surface area contributed by atoms with Gasteiger partial charge >= 0.3 is 0 Å². The summed E-state index contributed by atoms with van der Waals surface area (Å²) in [5, 5.41) is 12.9. The molecule has 2 N–H and O–H groups in total. The van der Waals surface area contributed by atoms with Gasteiger partial charge in [-0.05, 0) is 24.6 Å². The molecule has 0 spiro atoms. The fourth-order valence-corrected chi connectivity index (χ4v) is 1.73. The van der Waals surface area contributed by atoms with E-state index in [0.29, 0.717) is 17.6 Å². The van der Waals surface area contributed by atoms with Crippen molar-refractivity contribution in [1.82, 2.24) is 5.32 Å². The van der Waals surface area contributed by atoms with E-state index in [2.05, 4.69) is 19.2 Å². The van der Waals surface area contributed by atoms with Gasteiger partial charge in [0.25, 0.3) is 0 Å². The second kappa shape index (κ2) is 5.01. The summed E-state index contributed by atoms with van der Waals surface area (Å²) in [6, 6.07) is 7.58. The first kappa shape index (κ1) is 11.1. The van der Waals surface area contributed by atoms with Crippen LogP contribution in [0.4, 0.5) is 0 Å². The topological polar surface area (TPSA) is 32.3 Å². The summed E-state index contributed by atoms with van der Waals surface area (Å²) in [5.41, 5.74) is 1.04. The molecule has 0 saturated heterocycles. The number of phenols is 1. The van der Waals surface area contributed by atoms with Crippen LogP contribution in [0.15, 0.2) is 24.3 Å². The van der Waals surface area contributed by atoms with E-state index in [-0.39, 0.29) is 0 Å². The predicted molar refractivity (Wildman–Crippen MR) is 59.6 cm³/mol. The smallest absolute Gasteiger partial charge is 0.119 e. The molecular weight excluding hydrogens is 174 g/mol. The number of phenolic OH excluding ortho intramolecular Hbond substituents is 1. The summed E-state index contributed by atoms with van der Waals surface area (Å²) in [6.45, 7) is 5.25. The van der Waals surface area contributed by atoms with Crippen LogP contribution in [-0.2, 0) is 0 Å². The van der Waals surface area contributed by atoms with E-state index in [9.17, 15) is 5.11 Å². The van der Waals surface area contributed by atoms with Crippen LogP contribution >= 0.6 is 0 Å². The van der Waals surface area contributed by atoms with E-state index in [4.69, 9.17) is 0 Å².